The summed E-state index contributed by atoms with van der Waals surface area (Å²) in [5.74, 6) is -0.593. The molecule has 0 radical (unpaired) electrons. The fraction of sp³-hybridized carbons (Fsp3) is 0.0714. The van der Waals surface area contributed by atoms with Gasteiger partial charge >= 0.3 is 5.97 Å². The van der Waals surface area contributed by atoms with Crippen molar-refractivity contribution in [1.29, 1.82) is 0 Å². The Morgan fingerprint density at radius 3 is 2.90 bits per heavy atom. The molecule has 0 saturated heterocycles. The molecule has 2 heterocycles. The summed E-state index contributed by atoms with van der Waals surface area (Å²) >= 11 is 0. The molecule has 1 aromatic heterocycles. The van der Waals surface area contributed by atoms with E-state index in [1.165, 1.54) is 6.33 Å². The van der Waals surface area contributed by atoms with Gasteiger partial charge in [-0.3, -0.25) is 0 Å². The van der Waals surface area contributed by atoms with Crippen LogP contribution in [-0.4, -0.2) is 25.8 Å². The number of carbonyl (C=O) groups is 1. The standard InChI is InChI=1S/C14H12N4O2/c19-13(20)12-8-11(18-14(17-12)15-9-16-18)7-6-10-4-2-1-3-5-10/h1-9,11H,(H,19,20)(H,15,16,17)/b7-6+. The minimum Gasteiger partial charge on any atom is -0.477 e. The average Bonchev–Trinajstić information content (AvgIpc) is 2.94. The van der Waals surface area contributed by atoms with Crippen LogP contribution in [-0.2, 0) is 4.79 Å². The number of nitrogens with zero attached hydrogens (tertiary/aromatic N) is 3. The number of rotatable bonds is 3. The van der Waals surface area contributed by atoms with Crippen LogP contribution in [0.3, 0.4) is 0 Å². The van der Waals surface area contributed by atoms with Crippen LogP contribution in [0.4, 0.5) is 5.95 Å². The van der Waals surface area contributed by atoms with E-state index in [0.29, 0.717) is 5.95 Å². The van der Waals surface area contributed by atoms with Gasteiger partial charge in [-0.15, -0.1) is 0 Å². The summed E-state index contributed by atoms with van der Waals surface area (Å²) in [6.45, 7) is 0. The number of allylic oxidation sites excluding steroid dienone is 2. The molecule has 1 aliphatic heterocycles. The minimum absolute atomic E-state index is 0.105. The molecule has 0 bridgehead atoms. The average molecular weight is 268 g/mol. The molecule has 0 amide bonds. The first-order valence-electron chi connectivity index (χ1n) is 6.09. The Kier molecular flexibility index (Phi) is 3.04. The lowest BCUT2D eigenvalue weighted by Gasteiger charge is -2.19. The Morgan fingerprint density at radius 2 is 2.15 bits per heavy atom. The van der Waals surface area contributed by atoms with E-state index in [-0.39, 0.29) is 11.7 Å². The van der Waals surface area contributed by atoms with Gasteiger partial charge in [0, 0.05) is 0 Å². The van der Waals surface area contributed by atoms with Gasteiger partial charge in [-0.1, -0.05) is 42.5 Å². The molecule has 0 fully saturated rings. The zero-order valence-electron chi connectivity index (χ0n) is 10.5. The fourth-order valence-corrected chi connectivity index (χ4v) is 2.00. The Balaban J connectivity index is 1.92. The van der Waals surface area contributed by atoms with Crippen molar-refractivity contribution in [3.63, 3.8) is 0 Å². The van der Waals surface area contributed by atoms with E-state index in [4.69, 9.17) is 5.11 Å². The quantitative estimate of drug-likeness (QED) is 0.889. The van der Waals surface area contributed by atoms with Gasteiger partial charge in [-0.05, 0) is 11.6 Å². The van der Waals surface area contributed by atoms with Gasteiger partial charge in [0.1, 0.15) is 12.0 Å². The molecule has 20 heavy (non-hydrogen) atoms. The van der Waals surface area contributed by atoms with Crippen LogP contribution in [0.2, 0.25) is 0 Å². The number of carboxylic acids is 1. The second-order valence-corrected chi connectivity index (χ2v) is 4.30. The first-order chi connectivity index (χ1) is 9.74. The third-order valence-electron chi connectivity index (χ3n) is 2.96. The summed E-state index contributed by atoms with van der Waals surface area (Å²) in [6.07, 6.45) is 6.81. The molecule has 2 aromatic rings. The molecule has 1 aliphatic rings. The number of nitrogens with one attached hydrogen (secondary N) is 1. The van der Waals surface area contributed by atoms with E-state index >= 15 is 0 Å². The van der Waals surface area contributed by atoms with Crippen LogP contribution in [0.25, 0.3) is 6.08 Å². The lowest BCUT2D eigenvalue weighted by atomic mass is 10.1. The van der Waals surface area contributed by atoms with Crippen LogP contribution >= 0.6 is 0 Å². The van der Waals surface area contributed by atoms with Crippen molar-refractivity contribution in [1.82, 2.24) is 14.8 Å². The van der Waals surface area contributed by atoms with Crippen molar-refractivity contribution in [2.75, 3.05) is 5.32 Å². The van der Waals surface area contributed by atoms with E-state index in [9.17, 15) is 4.79 Å². The van der Waals surface area contributed by atoms with Crippen molar-refractivity contribution >= 4 is 18.0 Å². The number of hydrogen-bond donors (Lipinski definition) is 2. The fourth-order valence-electron chi connectivity index (χ4n) is 2.00. The van der Waals surface area contributed by atoms with E-state index in [0.717, 1.165) is 5.56 Å². The van der Waals surface area contributed by atoms with Crippen LogP contribution in [0, 0.1) is 0 Å². The van der Waals surface area contributed by atoms with Crippen molar-refractivity contribution in [2.24, 2.45) is 0 Å². The van der Waals surface area contributed by atoms with Gasteiger partial charge in [0.2, 0.25) is 5.95 Å². The van der Waals surface area contributed by atoms with Gasteiger partial charge in [-0.2, -0.15) is 10.1 Å². The summed E-state index contributed by atoms with van der Waals surface area (Å²) in [4.78, 5) is 15.1. The molecule has 1 aromatic carbocycles. The van der Waals surface area contributed by atoms with Crippen molar-refractivity contribution in [2.45, 2.75) is 6.04 Å². The first-order valence-corrected chi connectivity index (χ1v) is 6.09. The number of fused-ring (bicyclic) bond motifs is 1. The maximum atomic E-state index is 11.1. The Hall–Kier alpha value is -2.89. The largest absolute Gasteiger partial charge is 0.477 e. The predicted molar refractivity (Wildman–Crippen MR) is 73.9 cm³/mol. The van der Waals surface area contributed by atoms with Crippen LogP contribution in [0.1, 0.15) is 11.6 Å². The minimum atomic E-state index is -1.02. The molecule has 0 aliphatic carbocycles. The highest BCUT2D eigenvalue weighted by Gasteiger charge is 2.22. The summed E-state index contributed by atoms with van der Waals surface area (Å²) in [7, 11) is 0. The predicted octanol–water partition coefficient (Wildman–Crippen LogP) is 1.93. The number of hydrogen-bond acceptors (Lipinski definition) is 4. The Bertz CT molecular complexity index is 688. The third kappa shape index (κ3) is 2.31. The van der Waals surface area contributed by atoms with Crippen molar-refractivity contribution in [3.8, 4) is 0 Å². The highest BCUT2D eigenvalue weighted by molar-refractivity contribution is 5.90. The molecule has 0 spiro atoms. The Labute approximate surface area is 115 Å². The number of benzene rings is 1. The lowest BCUT2D eigenvalue weighted by Crippen LogP contribution is -2.22. The highest BCUT2D eigenvalue weighted by Crippen LogP contribution is 2.23. The molecular weight excluding hydrogens is 256 g/mol. The molecule has 0 saturated carbocycles. The zero-order chi connectivity index (χ0) is 13.9. The van der Waals surface area contributed by atoms with E-state index in [2.05, 4.69) is 15.4 Å². The zero-order valence-corrected chi connectivity index (χ0v) is 10.5. The summed E-state index contributed by atoms with van der Waals surface area (Å²) in [6, 6.07) is 9.51. The maximum absolute atomic E-state index is 11.1. The van der Waals surface area contributed by atoms with Gasteiger partial charge in [-0.25, -0.2) is 9.48 Å². The summed E-state index contributed by atoms with van der Waals surface area (Å²) in [5.41, 5.74) is 1.14. The maximum Gasteiger partial charge on any atom is 0.352 e. The number of anilines is 1. The normalized spacial score (nSPS) is 17.4. The number of aliphatic carboxylic acids is 1. The van der Waals surface area contributed by atoms with Crippen LogP contribution in [0.5, 0.6) is 0 Å². The van der Waals surface area contributed by atoms with Crippen molar-refractivity contribution in [3.05, 3.63) is 60.1 Å². The monoisotopic (exact) mass is 268 g/mol. The van der Waals surface area contributed by atoms with E-state index in [1.54, 1.807) is 10.8 Å². The Morgan fingerprint density at radius 1 is 1.35 bits per heavy atom. The third-order valence-corrected chi connectivity index (χ3v) is 2.96. The highest BCUT2D eigenvalue weighted by atomic mass is 16.4. The van der Waals surface area contributed by atoms with Gasteiger partial charge < -0.3 is 10.4 Å². The second-order valence-electron chi connectivity index (χ2n) is 4.30. The first kappa shape index (κ1) is 12.2. The topological polar surface area (TPSA) is 80.0 Å². The molecule has 3 rings (SSSR count). The molecular formula is C14H12N4O2. The lowest BCUT2D eigenvalue weighted by molar-refractivity contribution is -0.132. The van der Waals surface area contributed by atoms with Crippen molar-refractivity contribution < 1.29 is 9.90 Å². The number of carboxylic acid groups (broad SMARTS) is 1. The SMILES string of the molecule is O=C(O)C1=CC(/C=C/c2ccccc2)n2ncnc2N1. The van der Waals surface area contributed by atoms with E-state index in [1.807, 2.05) is 42.5 Å². The van der Waals surface area contributed by atoms with Gasteiger partial charge in [0.15, 0.2) is 0 Å². The molecule has 1 atom stereocenters. The number of aromatic nitrogens is 3. The van der Waals surface area contributed by atoms with Gasteiger partial charge in [0.05, 0.1) is 6.04 Å². The van der Waals surface area contributed by atoms with E-state index < -0.39 is 5.97 Å². The second kappa shape index (κ2) is 5.00. The smallest absolute Gasteiger partial charge is 0.352 e. The summed E-state index contributed by atoms with van der Waals surface area (Å²) < 4.78 is 1.63. The molecule has 6 nitrogen and oxygen atoms in total. The molecule has 1 unspecified atom stereocenters. The summed E-state index contributed by atoms with van der Waals surface area (Å²) in [5, 5.41) is 15.9. The molecule has 2 N–H and O–H groups in total. The molecule has 100 valence electrons. The van der Waals surface area contributed by atoms with Gasteiger partial charge in [0.25, 0.3) is 0 Å². The molecule has 6 heteroatoms. The van der Waals surface area contributed by atoms with Crippen LogP contribution in [0.15, 0.2) is 54.5 Å². The van der Waals surface area contributed by atoms with Crippen LogP contribution < -0.4 is 5.32 Å².